The van der Waals surface area contributed by atoms with Gasteiger partial charge in [0.2, 0.25) is 15.9 Å². The average molecular weight is 397 g/mol. The molecule has 0 aliphatic carbocycles. The predicted octanol–water partition coefficient (Wildman–Crippen LogP) is 1.97. The zero-order valence-electron chi connectivity index (χ0n) is 15.9. The summed E-state index contributed by atoms with van der Waals surface area (Å²) < 4.78 is 26.4. The van der Waals surface area contributed by atoms with Crippen LogP contribution in [0, 0.1) is 5.92 Å². The number of hydrogen-bond donors (Lipinski definition) is 1. The van der Waals surface area contributed by atoms with Gasteiger partial charge in [-0.3, -0.25) is 9.59 Å². The third-order valence-electron chi connectivity index (χ3n) is 5.02. The first kappa shape index (κ1) is 21.4. The van der Waals surface area contributed by atoms with Gasteiger partial charge in [0.25, 0.3) is 0 Å². The summed E-state index contributed by atoms with van der Waals surface area (Å²) >= 11 is 0. The molecule has 1 aromatic rings. The van der Waals surface area contributed by atoms with Gasteiger partial charge in [-0.1, -0.05) is 26.0 Å². The van der Waals surface area contributed by atoms with Crippen LogP contribution < -0.4 is 0 Å². The van der Waals surface area contributed by atoms with Gasteiger partial charge >= 0.3 is 5.97 Å². The van der Waals surface area contributed by atoms with Gasteiger partial charge in [0.1, 0.15) is 0 Å². The van der Waals surface area contributed by atoms with Crippen LogP contribution in [0.3, 0.4) is 0 Å². The number of hydrogen-bond acceptors (Lipinski definition) is 4. The molecule has 150 valence electrons. The molecule has 0 radical (unpaired) electrons. The largest absolute Gasteiger partial charge is 0.481 e. The van der Waals surface area contributed by atoms with Gasteiger partial charge in [-0.2, -0.15) is 4.31 Å². The molecule has 27 heavy (non-hydrogen) atoms. The number of piperidine rings is 1. The second-order valence-corrected chi connectivity index (χ2v) is 8.69. The molecule has 1 heterocycles. The molecule has 1 aromatic carbocycles. The maximum atomic E-state index is 12.5. The van der Waals surface area contributed by atoms with E-state index in [-0.39, 0.29) is 23.8 Å². The van der Waals surface area contributed by atoms with E-state index in [9.17, 15) is 18.0 Å². The SMILES string of the molecule is CCN(CC)S(=O)(=O)c1ccc(CCC(=O)N2CCC[C@H](C(=O)O)C2)cc1. The fourth-order valence-electron chi connectivity index (χ4n) is 3.36. The lowest BCUT2D eigenvalue weighted by Crippen LogP contribution is -2.42. The third kappa shape index (κ3) is 5.29. The van der Waals surface area contributed by atoms with Crippen molar-refractivity contribution in [3.63, 3.8) is 0 Å². The Hall–Kier alpha value is -1.93. The molecular formula is C19H28N2O5S. The Morgan fingerprint density at radius 2 is 1.81 bits per heavy atom. The zero-order valence-corrected chi connectivity index (χ0v) is 16.7. The van der Waals surface area contributed by atoms with Gasteiger partial charge in [0.15, 0.2) is 0 Å². The molecule has 1 fully saturated rings. The van der Waals surface area contributed by atoms with Crippen LogP contribution in [0.2, 0.25) is 0 Å². The van der Waals surface area contributed by atoms with Crippen molar-refractivity contribution < 1.29 is 23.1 Å². The van der Waals surface area contributed by atoms with Crippen LogP contribution in [-0.2, 0) is 26.0 Å². The summed E-state index contributed by atoms with van der Waals surface area (Å²) in [5.41, 5.74) is 0.883. The van der Waals surface area contributed by atoms with E-state index < -0.39 is 21.9 Å². The summed E-state index contributed by atoms with van der Waals surface area (Å²) in [6.07, 6.45) is 2.11. The fraction of sp³-hybridized carbons (Fsp3) is 0.579. The highest BCUT2D eigenvalue weighted by Gasteiger charge is 2.28. The summed E-state index contributed by atoms with van der Waals surface area (Å²) in [4.78, 5) is 25.4. The molecule has 1 aliphatic rings. The first-order valence-corrected chi connectivity index (χ1v) is 10.8. The number of amides is 1. The van der Waals surface area contributed by atoms with E-state index in [2.05, 4.69) is 0 Å². The molecule has 0 saturated carbocycles. The summed E-state index contributed by atoms with van der Waals surface area (Å²) in [6, 6.07) is 6.63. The van der Waals surface area contributed by atoms with Gasteiger partial charge in [0, 0.05) is 32.6 Å². The van der Waals surface area contributed by atoms with Crippen LogP contribution >= 0.6 is 0 Å². The molecule has 7 nitrogen and oxygen atoms in total. The van der Waals surface area contributed by atoms with Crippen molar-refractivity contribution in [1.82, 2.24) is 9.21 Å². The number of carboxylic acids is 1. The lowest BCUT2D eigenvalue weighted by molar-refractivity contribution is -0.145. The standard InChI is InChI=1S/C19H28N2O5S/c1-3-21(4-2)27(25,26)17-10-7-15(8-11-17)9-12-18(22)20-13-5-6-16(14-20)19(23)24/h7-8,10-11,16H,3-6,9,12-14H2,1-2H3,(H,23,24)/t16-/m0/s1. The smallest absolute Gasteiger partial charge is 0.308 e. The molecule has 1 N–H and O–H groups in total. The van der Waals surface area contributed by atoms with Crippen molar-refractivity contribution in [2.24, 2.45) is 5.92 Å². The molecule has 8 heteroatoms. The minimum atomic E-state index is -3.48. The maximum absolute atomic E-state index is 12.5. The number of aliphatic carboxylic acids is 1. The highest BCUT2D eigenvalue weighted by Crippen LogP contribution is 2.19. The minimum Gasteiger partial charge on any atom is -0.481 e. The minimum absolute atomic E-state index is 0.0548. The Morgan fingerprint density at radius 3 is 2.37 bits per heavy atom. The molecule has 1 aliphatic heterocycles. The Kier molecular flexibility index (Phi) is 7.38. The highest BCUT2D eigenvalue weighted by molar-refractivity contribution is 7.89. The van der Waals surface area contributed by atoms with Crippen molar-refractivity contribution in [3.8, 4) is 0 Å². The van der Waals surface area contributed by atoms with Gasteiger partial charge in [-0.15, -0.1) is 0 Å². The summed E-state index contributed by atoms with van der Waals surface area (Å²) in [5, 5.41) is 9.12. The van der Waals surface area contributed by atoms with E-state index >= 15 is 0 Å². The number of aryl methyl sites for hydroxylation is 1. The number of likely N-dealkylation sites (tertiary alicyclic amines) is 1. The molecule has 1 amide bonds. The van der Waals surface area contributed by atoms with E-state index in [0.717, 1.165) is 5.56 Å². The van der Waals surface area contributed by atoms with E-state index in [1.807, 2.05) is 0 Å². The second-order valence-electron chi connectivity index (χ2n) is 6.75. The summed E-state index contributed by atoms with van der Waals surface area (Å²) in [7, 11) is -3.48. The van der Waals surface area contributed by atoms with Crippen molar-refractivity contribution >= 4 is 21.9 Å². The fourth-order valence-corrected chi connectivity index (χ4v) is 4.81. The molecular weight excluding hydrogens is 368 g/mol. The normalized spacial score (nSPS) is 17.9. The lowest BCUT2D eigenvalue weighted by Gasteiger charge is -2.30. The predicted molar refractivity (Wildman–Crippen MR) is 102 cm³/mol. The van der Waals surface area contributed by atoms with Crippen LogP contribution in [0.1, 0.15) is 38.7 Å². The Morgan fingerprint density at radius 1 is 1.19 bits per heavy atom. The van der Waals surface area contributed by atoms with Crippen LogP contribution in [0.15, 0.2) is 29.2 Å². The van der Waals surface area contributed by atoms with E-state index in [0.29, 0.717) is 38.9 Å². The van der Waals surface area contributed by atoms with Crippen molar-refractivity contribution in [2.75, 3.05) is 26.2 Å². The number of rotatable bonds is 8. The number of carbonyl (C=O) groups is 2. The summed E-state index contributed by atoms with van der Waals surface area (Å²) in [6.45, 7) is 5.32. The first-order chi connectivity index (χ1) is 12.8. The number of carbonyl (C=O) groups excluding carboxylic acids is 1. The molecule has 0 spiro atoms. The van der Waals surface area contributed by atoms with Crippen LogP contribution in [0.4, 0.5) is 0 Å². The van der Waals surface area contributed by atoms with E-state index in [4.69, 9.17) is 5.11 Å². The number of sulfonamides is 1. The van der Waals surface area contributed by atoms with Crippen molar-refractivity contribution in [2.45, 2.75) is 44.4 Å². The number of carboxylic acid groups (broad SMARTS) is 1. The average Bonchev–Trinajstić information content (AvgIpc) is 2.67. The second kappa shape index (κ2) is 9.32. The van der Waals surface area contributed by atoms with Gasteiger partial charge in [-0.25, -0.2) is 8.42 Å². The highest BCUT2D eigenvalue weighted by atomic mass is 32.2. The maximum Gasteiger partial charge on any atom is 0.308 e. The Labute approximate surface area is 161 Å². The van der Waals surface area contributed by atoms with Crippen molar-refractivity contribution in [1.29, 1.82) is 0 Å². The Bertz CT molecular complexity index is 757. The molecule has 0 aromatic heterocycles. The summed E-state index contributed by atoms with van der Waals surface area (Å²) in [5.74, 6) is -1.38. The van der Waals surface area contributed by atoms with Crippen LogP contribution in [0.5, 0.6) is 0 Å². The lowest BCUT2D eigenvalue weighted by atomic mass is 9.97. The monoisotopic (exact) mass is 396 g/mol. The molecule has 1 saturated heterocycles. The third-order valence-corrected chi connectivity index (χ3v) is 7.08. The zero-order chi connectivity index (χ0) is 20.0. The number of benzene rings is 1. The first-order valence-electron chi connectivity index (χ1n) is 9.39. The molecule has 1 atom stereocenters. The Balaban J connectivity index is 1.95. The number of nitrogens with zero attached hydrogens (tertiary/aromatic N) is 2. The van der Waals surface area contributed by atoms with E-state index in [1.54, 1.807) is 43.0 Å². The van der Waals surface area contributed by atoms with E-state index in [1.165, 1.54) is 4.31 Å². The van der Waals surface area contributed by atoms with Gasteiger partial charge in [0.05, 0.1) is 10.8 Å². The molecule has 2 rings (SSSR count). The van der Waals surface area contributed by atoms with Gasteiger partial charge in [-0.05, 0) is 37.0 Å². The van der Waals surface area contributed by atoms with Gasteiger partial charge < -0.3 is 10.0 Å². The molecule has 0 bridgehead atoms. The molecule has 0 unspecified atom stereocenters. The topological polar surface area (TPSA) is 95.0 Å². The van der Waals surface area contributed by atoms with Crippen LogP contribution in [-0.4, -0.2) is 60.8 Å². The van der Waals surface area contributed by atoms with Crippen LogP contribution in [0.25, 0.3) is 0 Å². The quantitative estimate of drug-likeness (QED) is 0.725. The van der Waals surface area contributed by atoms with Crippen molar-refractivity contribution in [3.05, 3.63) is 29.8 Å².